The van der Waals surface area contributed by atoms with Crippen LogP contribution in [-0.2, 0) is 6.54 Å². The number of hydrogen-bond acceptors (Lipinski definition) is 4. The van der Waals surface area contributed by atoms with Gasteiger partial charge < -0.3 is 4.90 Å². The quantitative estimate of drug-likeness (QED) is 0.868. The van der Waals surface area contributed by atoms with E-state index in [-0.39, 0.29) is 5.82 Å². The van der Waals surface area contributed by atoms with Crippen molar-refractivity contribution in [3.8, 4) is 0 Å². The van der Waals surface area contributed by atoms with Crippen LogP contribution in [0.25, 0.3) is 0 Å². The van der Waals surface area contributed by atoms with Crippen LogP contribution in [0.4, 0.5) is 10.2 Å². The molecule has 1 aromatic carbocycles. The summed E-state index contributed by atoms with van der Waals surface area (Å²) in [7, 11) is 0. The largest absolute Gasteiger partial charge is 0.355 e. The maximum atomic E-state index is 13.9. The number of nitrogens with zero attached hydrogens (tertiary/aromatic N) is 4. The second kappa shape index (κ2) is 6.48. The van der Waals surface area contributed by atoms with Crippen LogP contribution in [0.15, 0.2) is 36.4 Å². The summed E-state index contributed by atoms with van der Waals surface area (Å²) in [6.07, 6.45) is 1.17. The lowest BCUT2D eigenvalue weighted by atomic mass is 9.89. The molecule has 5 heteroatoms. The summed E-state index contributed by atoms with van der Waals surface area (Å²) in [6.45, 7) is 6.84. The predicted octanol–water partition coefficient (Wildman–Crippen LogP) is 2.88. The number of anilines is 1. The van der Waals surface area contributed by atoms with Gasteiger partial charge in [-0.1, -0.05) is 18.2 Å². The van der Waals surface area contributed by atoms with Crippen molar-refractivity contribution in [1.29, 1.82) is 0 Å². The summed E-state index contributed by atoms with van der Waals surface area (Å²) in [5.74, 6) is 2.23. The monoisotopic (exact) mass is 326 g/mol. The van der Waals surface area contributed by atoms with Crippen LogP contribution >= 0.6 is 0 Å². The summed E-state index contributed by atoms with van der Waals surface area (Å²) < 4.78 is 13.9. The molecule has 0 saturated carbocycles. The van der Waals surface area contributed by atoms with Crippen molar-refractivity contribution in [2.45, 2.75) is 19.9 Å². The molecule has 4 rings (SSSR count). The number of fused-ring (bicyclic) bond motifs is 1. The van der Waals surface area contributed by atoms with E-state index in [4.69, 9.17) is 0 Å². The molecule has 0 unspecified atom stereocenters. The van der Waals surface area contributed by atoms with E-state index in [0.717, 1.165) is 43.3 Å². The molecular formula is C19H23FN4. The number of aryl methyl sites for hydroxylation is 1. The lowest BCUT2D eigenvalue weighted by molar-refractivity contribution is 0.309. The van der Waals surface area contributed by atoms with Gasteiger partial charge in [0.2, 0.25) is 0 Å². The van der Waals surface area contributed by atoms with Gasteiger partial charge in [-0.05, 0) is 43.4 Å². The van der Waals surface area contributed by atoms with E-state index in [1.165, 1.54) is 6.42 Å². The zero-order chi connectivity index (χ0) is 16.5. The molecule has 0 N–H and O–H groups in total. The predicted molar refractivity (Wildman–Crippen MR) is 92.3 cm³/mol. The van der Waals surface area contributed by atoms with Crippen LogP contribution in [0.3, 0.4) is 0 Å². The number of aromatic nitrogens is 2. The van der Waals surface area contributed by atoms with Gasteiger partial charge in [-0.25, -0.2) is 4.39 Å². The van der Waals surface area contributed by atoms with E-state index < -0.39 is 0 Å². The molecule has 2 aliphatic heterocycles. The first kappa shape index (κ1) is 15.5. The number of hydrogen-bond donors (Lipinski definition) is 0. The van der Waals surface area contributed by atoms with Crippen LogP contribution in [0.5, 0.6) is 0 Å². The van der Waals surface area contributed by atoms with E-state index in [9.17, 15) is 4.39 Å². The average molecular weight is 326 g/mol. The van der Waals surface area contributed by atoms with Crippen LogP contribution < -0.4 is 4.90 Å². The fourth-order valence-electron chi connectivity index (χ4n) is 4.03. The van der Waals surface area contributed by atoms with Gasteiger partial charge in [-0.2, -0.15) is 5.10 Å². The molecule has 24 heavy (non-hydrogen) atoms. The first-order chi connectivity index (χ1) is 11.7. The Bertz CT molecular complexity index is 703. The van der Waals surface area contributed by atoms with Gasteiger partial charge in [0, 0.05) is 38.3 Å². The van der Waals surface area contributed by atoms with Crippen LogP contribution in [0.1, 0.15) is 17.7 Å². The third kappa shape index (κ3) is 3.13. The number of halogens is 1. The fourth-order valence-corrected chi connectivity index (χ4v) is 4.03. The van der Waals surface area contributed by atoms with Crippen LogP contribution in [0.2, 0.25) is 0 Å². The Balaban J connectivity index is 1.40. The Labute approximate surface area is 142 Å². The maximum Gasteiger partial charge on any atom is 0.151 e. The summed E-state index contributed by atoms with van der Waals surface area (Å²) >= 11 is 0. The normalized spacial score (nSPS) is 24.2. The lowest BCUT2D eigenvalue weighted by Gasteiger charge is -2.34. The highest BCUT2D eigenvalue weighted by Gasteiger charge is 2.37. The Hall–Kier alpha value is -2.01. The molecule has 0 amide bonds. The lowest BCUT2D eigenvalue weighted by Crippen LogP contribution is -2.40. The van der Waals surface area contributed by atoms with Crippen molar-refractivity contribution < 1.29 is 4.39 Å². The molecule has 2 saturated heterocycles. The molecule has 2 fully saturated rings. The van der Waals surface area contributed by atoms with E-state index in [1.807, 2.05) is 25.1 Å². The summed E-state index contributed by atoms with van der Waals surface area (Å²) in [6, 6.07) is 11.2. The molecule has 2 aromatic rings. The minimum Gasteiger partial charge on any atom is -0.355 e. The highest BCUT2D eigenvalue weighted by atomic mass is 19.1. The van der Waals surface area contributed by atoms with Crippen LogP contribution in [0, 0.1) is 24.6 Å². The van der Waals surface area contributed by atoms with Gasteiger partial charge in [0.1, 0.15) is 5.82 Å². The van der Waals surface area contributed by atoms with Crippen molar-refractivity contribution in [2.75, 3.05) is 31.1 Å². The van der Waals surface area contributed by atoms with Crippen molar-refractivity contribution in [3.05, 3.63) is 53.5 Å². The minimum absolute atomic E-state index is 0.0936. The van der Waals surface area contributed by atoms with Gasteiger partial charge in [-0.15, -0.1) is 5.10 Å². The van der Waals surface area contributed by atoms with Crippen LogP contribution in [-0.4, -0.2) is 41.3 Å². The van der Waals surface area contributed by atoms with Gasteiger partial charge >= 0.3 is 0 Å². The second-order valence-corrected chi connectivity index (χ2v) is 7.07. The molecule has 0 radical (unpaired) electrons. The molecule has 1 aromatic heterocycles. The zero-order valence-corrected chi connectivity index (χ0v) is 14.0. The number of likely N-dealkylation sites (tertiary alicyclic amines) is 1. The molecule has 2 aliphatic rings. The SMILES string of the molecule is Cc1ccc(N2CC[C@H]3CN(Cc4ccccc4F)C[C@H]3C2)nn1. The van der Waals surface area contributed by atoms with E-state index in [2.05, 4.69) is 26.1 Å². The molecule has 3 heterocycles. The fraction of sp³-hybridized carbons (Fsp3) is 0.474. The smallest absolute Gasteiger partial charge is 0.151 e. The summed E-state index contributed by atoms with van der Waals surface area (Å²) in [5.41, 5.74) is 1.75. The standard InChI is InChI=1S/C19H23FN4/c1-14-6-7-19(22-21-14)24-9-8-15-10-23(12-17(15)13-24)11-16-4-2-3-5-18(16)20/h2-7,15,17H,8-13H2,1H3/t15-,17-/m0/s1. The highest BCUT2D eigenvalue weighted by Crippen LogP contribution is 2.33. The van der Waals surface area contributed by atoms with Crippen molar-refractivity contribution in [2.24, 2.45) is 11.8 Å². The van der Waals surface area contributed by atoms with Gasteiger partial charge in [-0.3, -0.25) is 4.90 Å². The molecule has 0 bridgehead atoms. The molecule has 4 nitrogen and oxygen atoms in total. The van der Waals surface area contributed by atoms with E-state index >= 15 is 0 Å². The topological polar surface area (TPSA) is 32.3 Å². The molecule has 0 spiro atoms. The Morgan fingerprint density at radius 2 is 1.88 bits per heavy atom. The Kier molecular flexibility index (Phi) is 4.19. The summed E-state index contributed by atoms with van der Waals surface area (Å²) in [4.78, 5) is 4.75. The van der Waals surface area contributed by atoms with E-state index in [1.54, 1.807) is 12.1 Å². The minimum atomic E-state index is -0.0936. The highest BCUT2D eigenvalue weighted by molar-refractivity contribution is 5.38. The third-order valence-corrected chi connectivity index (χ3v) is 5.34. The zero-order valence-electron chi connectivity index (χ0n) is 14.0. The Morgan fingerprint density at radius 3 is 2.67 bits per heavy atom. The Morgan fingerprint density at radius 1 is 1.04 bits per heavy atom. The second-order valence-electron chi connectivity index (χ2n) is 7.07. The molecule has 0 aliphatic carbocycles. The molecular weight excluding hydrogens is 303 g/mol. The maximum absolute atomic E-state index is 13.9. The molecule has 2 atom stereocenters. The van der Waals surface area contributed by atoms with Gasteiger partial charge in [0.05, 0.1) is 5.69 Å². The van der Waals surface area contributed by atoms with Crippen molar-refractivity contribution >= 4 is 5.82 Å². The third-order valence-electron chi connectivity index (χ3n) is 5.34. The number of piperidine rings is 1. The number of rotatable bonds is 3. The summed E-state index contributed by atoms with van der Waals surface area (Å²) in [5, 5.41) is 8.50. The van der Waals surface area contributed by atoms with Gasteiger partial charge in [0.15, 0.2) is 5.82 Å². The first-order valence-corrected chi connectivity index (χ1v) is 8.70. The average Bonchev–Trinajstić information content (AvgIpc) is 2.99. The van der Waals surface area contributed by atoms with Crippen molar-refractivity contribution in [3.63, 3.8) is 0 Å². The van der Waals surface area contributed by atoms with E-state index in [0.29, 0.717) is 18.4 Å². The van der Waals surface area contributed by atoms with Gasteiger partial charge in [0.25, 0.3) is 0 Å². The molecule has 126 valence electrons. The van der Waals surface area contributed by atoms with Crippen molar-refractivity contribution in [1.82, 2.24) is 15.1 Å². The number of benzene rings is 1. The first-order valence-electron chi connectivity index (χ1n) is 8.70.